The zero-order chi connectivity index (χ0) is 8.18. The van der Waals surface area contributed by atoms with E-state index in [2.05, 4.69) is 0 Å². The van der Waals surface area contributed by atoms with Gasteiger partial charge in [-0.15, -0.1) is 0 Å². The maximum Gasteiger partial charge on any atom is 0.0730 e. The third kappa shape index (κ3) is 0.882. The molecule has 4 fully saturated rings. The molecule has 68 valence electrons. The lowest BCUT2D eigenvalue weighted by atomic mass is 9.64. The van der Waals surface area contributed by atoms with Gasteiger partial charge in [0.05, 0.1) is 17.8 Å². The van der Waals surface area contributed by atoms with Crippen molar-refractivity contribution in [2.75, 3.05) is 7.11 Å². The Morgan fingerprint density at radius 1 is 1.17 bits per heavy atom. The van der Waals surface area contributed by atoms with Crippen LogP contribution in [-0.2, 0) is 9.47 Å². The monoisotopic (exact) mass is 168 g/mol. The Morgan fingerprint density at radius 3 is 2.33 bits per heavy atom. The Balaban J connectivity index is 1.90. The van der Waals surface area contributed by atoms with Crippen LogP contribution < -0.4 is 0 Å². The number of ether oxygens (including phenoxy) is 2. The Hall–Kier alpha value is -0.0800. The molecule has 0 amide bonds. The largest absolute Gasteiger partial charge is 0.378 e. The molecule has 0 N–H and O–H groups in total. The molecule has 2 atom stereocenters. The standard InChI is InChI=1S/C10H16O2/c1-11-10-4-7-2-8(5-10)12-9(3-7)6-10/h7-9H,2-6H2,1H3. The van der Waals surface area contributed by atoms with Crippen molar-refractivity contribution in [3.63, 3.8) is 0 Å². The maximum atomic E-state index is 5.87. The van der Waals surface area contributed by atoms with E-state index in [0.717, 1.165) is 18.8 Å². The molecule has 0 aromatic heterocycles. The van der Waals surface area contributed by atoms with E-state index in [9.17, 15) is 0 Å². The molecule has 0 spiro atoms. The Labute approximate surface area is 73.2 Å². The van der Waals surface area contributed by atoms with Crippen molar-refractivity contribution in [1.82, 2.24) is 0 Å². The highest BCUT2D eigenvalue weighted by Gasteiger charge is 2.52. The summed E-state index contributed by atoms with van der Waals surface area (Å²) in [5.74, 6) is 0.899. The fourth-order valence-corrected chi connectivity index (χ4v) is 3.51. The van der Waals surface area contributed by atoms with Gasteiger partial charge in [0.25, 0.3) is 0 Å². The van der Waals surface area contributed by atoms with Crippen LogP contribution in [0, 0.1) is 5.92 Å². The molecule has 0 aromatic carbocycles. The van der Waals surface area contributed by atoms with Crippen LogP contribution in [0.15, 0.2) is 0 Å². The molecule has 12 heavy (non-hydrogen) atoms. The highest BCUT2D eigenvalue weighted by atomic mass is 16.5. The van der Waals surface area contributed by atoms with E-state index >= 15 is 0 Å². The first-order valence-corrected chi connectivity index (χ1v) is 5.00. The zero-order valence-corrected chi connectivity index (χ0v) is 7.58. The molecule has 4 aliphatic rings. The van der Waals surface area contributed by atoms with Gasteiger partial charge in [-0.2, -0.15) is 0 Å². The normalized spacial score (nSPS) is 56.2. The molecule has 4 bridgehead atoms. The summed E-state index contributed by atoms with van der Waals surface area (Å²) < 4.78 is 11.5. The molecular weight excluding hydrogens is 152 g/mol. The van der Waals surface area contributed by atoms with Crippen molar-refractivity contribution in [2.45, 2.75) is 49.9 Å². The summed E-state index contributed by atoms with van der Waals surface area (Å²) in [6.07, 6.45) is 7.23. The molecule has 0 aromatic rings. The summed E-state index contributed by atoms with van der Waals surface area (Å²) in [6, 6.07) is 0. The SMILES string of the molecule is COC12CC3CC(C1)OC(C3)C2. The van der Waals surface area contributed by atoms with Gasteiger partial charge in [0.1, 0.15) is 0 Å². The van der Waals surface area contributed by atoms with Gasteiger partial charge in [0.15, 0.2) is 0 Å². The highest BCUT2D eigenvalue weighted by Crippen LogP contribution is 2.51. The average Bonchev–Trinajstić information content (AvgIpc) is 2.02. The summed E-state index contributed by atoms with van der Waals surface area (Å²) in [4.78, 5) is 0. The van der Waals surface area contributed by atoms with Crippen LogP contribution in [-0.4, -0.2) is 24.9 Å². The van der Waals surface area contributed by atoms with Gasteiger partial charge in [0.2, 0.25) is 0 Å². The molecule has 2 nitrogen and oxygen atoms in total. The fraction of sp³-hybridized carbons (Fsp3) is 1.00. The van der Waals surface area contributed by atoms with Crippen LogP contribution in [0.25, 0.3) is 0 Å². The first-order chi connectivity index (χ1) is 5.80. The van der Waals surface area contributed by atoms with E-state index in [4.69, 9.17) is 9.47 Å². The average molecular weight is 168 g/mol. The van der Waals surface area contributed by atoms with E-state index in [-0.39, 0.29) is 5.60 Å². The van der Waals surface area contributed by atoms with Crippen molar-refractivity contribution in [1.29, 1.82) is 0 Å². The number of methoxy groups -OCH3 is 1. The second kappa shape index (κ2) is 2.24. The summed E-state index contributed by atoms with van der Waals surface area (Å²) >= 11 is 0. The minimum absolute atomic E-state index is 0.217. The van der Waals surface area contributed by atoms with Crippen molar-refractivity contribution >= 4 is 0 Å². The number of rotatable bonds is 1. The zero-order valence-electron chi connectivity index (χ0n) is 7.58. The highest BCUT2D eigenvalue weighted by molar-refractivity contribution is 5.02. The van der Waals surface area contributed by atoms with Crippen LogP contribution >= 0.6 is 0 Å². The summed E-state index contributed by atoms with van der Waals surface area (Å²) in [6.45, 7) is 0. The van der Waals surface area contributed by atoms with Gasteiger partial charge in [-0.3, -0.25) is 0 Å². The quantitative estimate of drug-likeness (QED) is 0.593. The minimum atomic E-state index is 0.217. The fourth-order valence-electron chi connectivity index (χ4n) is 3.51. The Kier molecular flexibility index (Phi) is 1.37. The van der Waals surface area contributed by atoms with E-state index in [1.54, 1.807) is 0 Å². The van der Waals surface area contributed by atoms with Crippen molar-refractivity contribution in [3.05, 3.63) is 0 Å². The van der Waals surface area contributed by atoms with Crippen molar-refractivity contribution in [3.8, 4) is 0 Å². The predicted octanol–water partition coefficient (Wildman–Crippen LogP) is 1.73. The topological polar surface area (TPSA) is 18.5 Å². The van der Waals surface area contributed by atoms with Gasteiger partial charge < -0.3 is 9.47 Å². The third-order valence-corrected chi connectivity index (χ3v) is 3.87. The third-order valence-electron chi connectivity index (χ3n) is 3.87. The lowest BCUT2D eigenvalue weighted by Crippen LogP contribution is -2.56. The van der Waals surface area contributed by atoms with Crippen LogP contribution in [0.5, 0.6) is 0 Å². The molecular formula is C10H16O2. The molecule has 2 heteroatoms. The van der Waals surface area contributed by atoms with E-state index < -0.39 is 0 Å². The second-order valence-electron chi connectivity index (χ2n) is 4.72. The van der Waals surface area contributed by atoms with E-state index in [1.807, 2.05) is 7.11 Å². The van der Waals surface area contributed by atoms with Crippen molar-refractivity contribution in [2.24, 2.45) is 5.92 Å². The summed E-state index contributed by atoms with van der Waals surface area (Å²) in [7, 11) is 1.87. The van der Waals surface area contributed by atoms with Crippen LogP contribution in [0.2, 0.25) is 0 Å². The Morgan fingerprint density at radius 2 is 1.83 bits per heavy atom. The maximum absolute atomic E-state index is 5.87. The van der Waals surface area contributed by atoms with Gasteiger partial charge in [-0.05, 0) is 25.2 Å². The molecule has 2 aliphatic carbocycles. The number of hydrogen-bond donors (Lipinski definition) is 0. The predicted molar refractivity (Wildman–Crippen MR) is 45.0 cm³/mol. The smallest absolute Gasteiger partial charge is 0.0730 e. The lowest BCUT2D eigenvalue weighted by Gasteiger charge is -2.55. The van der Waals surface area contributed by atoms with Crippen molar-refractivity contribution < 1.29 is 9.47 Å². The van der Waals surface area contributed by atoms with E-state index in [0.29, 0.717) is 12.2 Å². The van der Waals surface area contributed by atoms with Crippen LogP contribution in [0.3, 0.4) is 0 Å². The summed E-state index contributed by atoms with van der Waals surface area (Å²) in [5, 5.41) is 0. The molecule has 2 saturated carbocycles. The van der Waals surface area contributed by atoms with Gasteiger partial charge >= 0.3 is 0 Å². The summed E-state index contributed by atoms with van der Waals surface area (Å²) in [5.41, 5.74) is 0.217. The van der Waals surface area contributed by atoms with Crippen LogP contribution in [0.4, 0.5) is 0 Å². The van der Waals surface area contributed by atoms with Gasteiger partial charge in [-0.25, -0.2) is 0 Å². The molecule has 2 unspecified atom stereocenters. The molecule has 2 saturated heterocycles. The first kappa shape index (κ1) is 7.34. The lowest BCUT2D eigenvalue weighted by molar-refractivity contribution is -0.229. The second-order valence-corrected chi connectivity index (χ2v) is 4.72. The minimum Gasteiger partial charge on any atom is -0.378 e. The number of hydrogen-bond acceptors (Lipinski definition) is 2. The molecule has 2 heterocycles. The molecule has 4 rings (SSSR count). The van der Waals surface area contributed by atoms with Crippen LogP contribution in [0.1, 0.15) is 32.1 Å². The van der Waals surface area contributed by atoms with Gasteiger partial charge in [-0.1, -0.05) is 0 Å². The first-order valence-electron chi connectivity index (χ1n) is 5.00. The Bertz CT molecular complexity index is 165. The molecule has 0 radical (unpaired) electrons. The molecule has 2 aliphatic heterocycles. The van der Waals surface area contributed by atoms with Gasteiger partial charge in [0, 0.05) is 20.0 Å². The van der Waals surface area contributed by atoms with E-state index in [1.165, 1.54) is 19.3 Å².